The highest BCUT2D eigenvalue weighted by Crippen LogP contribution is 2.34. The number of halogens is 2. The van der Waals surface area contributed by atoms with Crippen molar-refractivity contribution < 1.29 is 19.1 Å². The van der Waals surface area contributed by atoms with Gasteiger partial charge in [-0.2, -0.15) is 0 Å². The van der Waals surface area contributed by atoms with Crippen molar-refractivity contribution in [3.8, 4) is 5.75 Å². The van der Waals surface area contributed by atoms with Crippen LogP contribution in [-0.4, -0.2) is 23.1 Å². The van der Waals surface area contributed by atoms with Crippen molar-refractivity contribution in [2.24, 2.45) is 4.99 Å². The standard InChI is InChI=1S/C25H20BrClN2O5S/c1-4-33-24(32)21-13(2)28-25-29(22(21)17-7-5-6-8-18(17)27)23(31)20(35-25)12-15-11-16(26)9-10-19(15)34-14(3)30/h5-12,22H,4H2,1-3H3/b20-12+/t22-/m0/s1. The predicted octanol–water partition coefficient (Wildman–Crippen LogP) is 4.14. The quantitative estimate of drug-likeness (QED) is 0.337. The molecule has 0 fully saturated rings. The molecule has 0 bridgehead atoms. The molecule has 2 heterocycles. The molecule has 0 amide bonds. The molecule has 0 unspecified atom stereocenters. The van der Waals surface area contributed by atoms with Crippen LogP contribution in [0.1, 0.15) is 37.9 Å². The molecule has 1 aromatic heterocycles. The van der Waals surface area contributed by atoms with E-state index in [9.17, 15) is 14.4 Å². The molecule has 2 aromatic carbocycles. The molecule has 3 aromatic rings. The summed E-state index contributed by atoms with van der Waals surface area (Å²) in [6.45, 7) is 4.91. The number of carbonyl (C=O) groups is 2. The van der Waals surface area contributed by atoms with Gasteiger partial charge in [0.25, 0.3) is 5.56 Å². The van der Waals surface area contributed by atoms with Crippen LogP contribution in [0.3, 0.4) is 0 Å². The minimum absolute atomic E-state index is 0.178. The van der Waals surface area contributed by atoms with Crippen LogP contribution in [0.5, 0.6) is 5.75 Å². The number of fused-ring (bicyclic) bond motifs is 1. The fraction of sp³-hybridized carbons (Fsp3) is 0.200. The molecule has 1 aliphatic heterocycles. The maximum atomic E-state index is 13.7. The fourth-order valence-electron chi connectivity index (χ4n) is 3.80. The van der Waals surface area contributed by atoms with E-state index in [0.717, 1.165) is 4.47 Å². The molecule has 7 nitrogen and oxygen atoms in total. The van der Waals surface area contributed by atoms with Crippen molar-refractivity contribution in [3.63, 3.8) is 0 Å². The van der Waals surface area contributed by atoms with Crippen LogP contribution < -0.4 is 19.6 Å². The van der Waals surface area contributed by atoms with Gasteiger partial charge in [0.2, 0.25) is 0 Å². The van der Waals surface area contributed by atoms with Crippen LogP contribution in [0.2, 0.25) is 5.02 Å². The Labute approximate surface area is 218 Å². The van der Waals surface area contributed by atoms with Crippen LogP contribution in [0.15, 0.2) is 68.0 Å². The second kappa shape index (κ2) is 10.3. The Morgan fingerprint density at radius 1 is 1.26 bits per heavy atom. The summed E-state index contributed by atoms with van der Waals surface area (Å²) >= 11 is 11.1. The first kappa shape index (κ1) is 25.1. The summed E-state index contributed by atoms with van der Waals surface area (Å²) in [5.41, 5.74) is 1.46. The van der Waals surface area contributed by atoms with E-state index >= 15 is 0 Å². The topological polar surface area (TPSA) is 87.0 Å². The molecular formula is C25H20BrClN2O5S. The number of aromatic nitrogens is 1. The van der Waals surface area contributed by atoms with E-state index in [1.54, 1.807) is 62.4 Å². The van der Waals surface area contributed by atoms with Crippen molar-refractivity contribution in [1.82, 2.24) is 4.57 Å². The number of carbonyl (C=O) groups excluding carboxylic acids is 2. The van der Waals surface area contributed by atoms with Crippen LogP contribution in [-0.2, 0) is 14.3 Å². The van der Waals surface area contributed by atoms with Gasteiger partial charge in [0, 0.05) is 22.0 Å². The Morgan fingerprint density at radius 2 is 2.00 bits per heavy atom. The number of allylic oxidation sites excluding steroid dienone is 1. The highest BCUT2D eigenvalue weighted by Gasteiger charge is 2.34. The Kier molecular flexibility index (Phi) is 7.39. The largest absolute Gasteiger partial charge is 0.463 e. The summed E-state index contributed by atoms with van der Waals surface area (Å²) in [7, 11) is 0. The van der Waals surface area contributed by atoms with Crippen LogP contribution in [0, 0.1) is 0 Å². The lowest BCUT2D eigenvalue weighted by Gasteiger charge is -2.25. The van der Waals surface area contributed by atoms with Gasteiger partial charge in [-0.1, -0.05) is 57.1 Å². The van der Waals surface area contributed by atoms with Crippen molar-refractivity contribution in [3.05, 3.63) is 94.0 Å². The molecular weight excluding hydrogens is 556 g/mol. The van der Waals surface area contributed by atoms with Gasteiger partial charge in [0.15, 0.2) is 4.80 Å². The first-order valence-corrected chi connectivity index (χ1v) is 12.6. The molecule has 0 saturated carbocycles. The lowest BCUT2D eigenvalue weighted by molar-refractivity contribution is -0.139. The molecule has 180 valence electrons. The average molecular weight is 576 g/mol. The Hall–Kier alpha value is -3.01. The van der Waals surface area contributed by atoms with Crippen LogP contribution >= 0.6 is 38.9 Å². The number of benzene rings is 2. The summed E-state index contributed by atoms with van der Waals surface area (Å²) in [6, 6.07) is 11.4. The number of hydrogen-bond donors (Lipinski definition) is 0. The van der Waals surface area contributed by atoms with Gasteiger partial charge in [0.05, 0.1) is 22.4 Å². The minimum Gasteiger partial charge on any atom is -0.463 e. The van der Waals surface area contributed by atoms with Gasteiger partial charge < -0.3 is 9.47 Å². The van der Waals surface area contributed by atoms with Gasteiger partial charge in [-0.3, -0.25) is 14.2 Å². The molecule has 0 radical (unpaired) electrons. The van der Waals surface area contributed by atoms with Gasteiger partial charge in [0.1, 0.15) is 11.8 Å². The highest BCUT2D eigenvalue weighted by molar-refractivity contribution is 9.10. The molecule has 10 heteroatoms. The van der Waals surface area contributed by atoms with E-state index in [1.165, 1.54) is 22.8 Å². The molecule has 0 spiro atoms. The lowest BCUT2D eigenvalue weighted by Crippen LogP contribution is -2.40. The van der Waals surface area contributed by atoms with E-state index in [0.29, 0.717) is 36.9 Å². The lowest BCUT2D eigenvalue weighted by atomic mass is 9.96. The monoisotopic (exact) mass is 574 g/mol. The highest BCUT2D eigenvalue weighted by atomic mass is 79.9. The SMILES string of the molecule is CCOC(=O)C1=C(C)N=c2s/c(=C/c3cc(Br)ccc3OC(C)=O)c(=O)n2[C@H]1c1ccccc1Cl. The molecule has 4 rings (SSSR count). The minimum atomic E-state index is -0.809. The maximum Gasteiger partial charge on any atom is 0.338 e. The summed E-state index contributed by atoms with van der Waals surface area (Å²) in [4.78, 5) is 43.2. The summed E-state index contributed by atoms with van der Waals surface area (Å²) in [5.74, 6) is -0.716. The Balaban J connectivity index is 1.98. The second-order valence-corrected chi connectivity index (χ2v) is 9.93. The van der Waals surface area contributed by atoms with Crippen molar-refractivity contribution in [2.45, 2.75) is 26.8 Å². The van der Waals surface area contributed by atoms with Crippen molar-refractivity contribution in [1.29, 1.82) is 0 Å². The number of rotatable bonds is 5. The fourth-order valence-corrected chi connectivity index (χ4v) is 5.46. The third-order valence-corrected chi connectivity index (χ3v) is 7.05. The molecule has 0 N–H and O–H groups in total. The van der Waals surface area contributed by atoms with Gasteiger partial charge >= 0.3 is 11.9 Å². The first-order chi connectivity index (χ1) is 16.7. The summed E-state index contributed by atoms with van der Waals surface area (Å²) in [5, 5.41) is 0.410. The zero-order chi connectivity index (χ0) is 25.3. The molecule has 1 atom stereocenters. The third-order valence-electron chi connectivity index (χ3n) is 5.23. The molecule has 0 saturated heterocycles. The summed E-state index contributed by atoms with van der Waals surface area (Å²) < 4.78 is 13.2. The third kappa shape index (κ3) is 5.03. The van der Waals surface area contributed by atoms with Gasteiger partial charge in [-0.05, 0) is 49.8 Å². The number of hydrogen-bond acceptors (Lipinski definition) is 7. The zero-order valence-corrected chi connectivity index (χ0v) is 22.2. The maximum absolute atomic E-state index is 13.7. The normalized spacial score (nSPS) is 15.5. The zero-order valence-electron chi connectivity index (χ0n) is 19.0. The number of nitrogens with zero attached hydrogens (tertiary/aromatic N) is 2. The van der Waals surface area contributed by atoms with Gasteiger partial charge in [-0.25, -0.2) is 9.79 Å². The summed E-state index contributed by atoms with van der Waals surface area (Å²) in [6.07, 6.45) is 1.64. The number of esters is 2. The van der Waals surface area contributed by atoms with E-state index < -0.39 is 18.0 Å². The molecule has 35 heavy (non-hydrogen) atoms. The molecule has 1 aliphatic rings. The Morgan fingerprint density at radius 3 is 2.69 bits per heavy atom. The van der Waals surface area contributed by atoms with E-state index in [-0.39, 0.29) is 17.7 Å². The number of thiazole rings is 1. The predicted molar refractivity (Wildman–Crippen MR) is 137 cm³/mol. The van der Waals surface area contributed by atoms with Crippen LogP contribution in [0.25, 0.3) is 6.08 Å². The van der Waals surface area contributed by atoms with Crippen LogP contribution in [0.4, 0.5) is 0 Å². The van der Waals surface area contributed by atoms with Gasteiger partial charge in [-0.15, -0.1) is 0 Å². The second-order valence-electron chi connectivity index (χ2n) is 7.60. The van der Waals surface area contributed by atoms with E-state index in [1.807, 2.05) is 0 Å². The number of ether oxygens (including phenoxy) is 2. The smallest absolute Gasteiger partial charge is 0.338 e. The average Bonchev–Trinajstić information content (AvgIpc) is 3.09. The Bertz CT molecular complexity index is 1560. The van der Waals surface area contributed by atoms with Crippen molar-refractivity contribution >= 4 is 56.9 Å². The van der Waals surface area contributed by atoms with Crippen molar-refractivity contribution in [2.75, 3.05) is 6.61 Å². The first-order valence-electron chi connectivity index (χ1n) is 10.6. The van der Waals surface area contributed by atoms with E-state index in [2.05, 4.69) is 20.9 Å². The van der Waals surface area contributed by atoms with E-state index in [4.69, 9.17) is 21.1 Å². The molecule has 0 aliphatic carbocycles.